The first kappa shape index (κ1) is 38.4. The SMILES string of the molecule is CC(=O)C1=CN2CCc3c([nH]c4ccccc34)C2CC1=O.CC(C)c1ccc2[n+](c1)CCc1c-2[nH]c2ccccc12.CC(C)c1ccc2c3[nH]c4ccccc4c3cc[n+]2c1. The molecule has 8 nitrogen and oxygen atoms in total. The van der Waals surface area contributed by atoms with Gasteiger partial charge in [0.1, 0.15) is 11.2 Å². The van der Waals surface area contributed by atoms with Gasteiger partial charge >= 0.3 is 0 Å². The van der Waals surface area contributed by atoms with Crippen molar-refractivity contribution in [2.24, 2.45) is 0 Å². The largest absolute Gasteiger partial charge is 0.367 e. The average Bonchev–Trinajstić information content (AvgIpc) is 3.98. The number of aromatic amines is 3. The van der Waals surface area contributed by atoms with E-state index in [-0.39, 0.29) is 17.6 Å². The van der Waals surface area contributed by atoms with Crippen LogP contribution < -0.4 is 8.97 Å². The number of aromatic nitrogens is 5. The quantitative estimate of drug-likeness (QED) is 0.123. The normalized spacial score (nSPS) is 15.6. The van der Waals surface area contributed by atoms with Gasteiger partial charge in [0.15, 0.2) is 36.7 Å². The Morgan fingerprint density at radius 3 is 2.05 bits per heavy atom. The number of pyridine rings is 3. The molecule has 3 aliphatic rings. The lowest BCUT2D eigenvalue weighted by Gasteiger charge is -2.37. The number of hydrogen-bond donors (Lipinski definition) is 3. The Kier molecular flexibility index (Phi) is 9.66. The Labute approximate surface area is 355 Å². The van der Waals surface area contributed by atoms with E-state index in [1.807, 2.05) is 12.1 Å². The van der Waals surface area contributed by atoms with Crippen LogP contribution in [0.1, 0.15) is 86.9 Å². The Morgan fingerprint density at radius 1 is 0.689 bits per heavy atom. The molecule has 1 atom stereocenters. The molecule has 8 heteroatoms. The standard InChI is InChI=1S/C18H18N2.C18H16N2.C17H16N2O2/c2*1-12(2)13-7-8-17-18-15(9-10-20(17)11-13)14-5-3-4-6-16(14)19-18;1-10(20)13-9-19-7-6-12-11-4-2-3-5-14(11)18-17(12)15(19)8-16(13)21/h3-8,11-12H,9-10H2,1-2H3;3-12H,1-2H3;2-5,9,15,18H,6-8H2,1H3/p+2. The molecule has 0 spiro atoms. The Hall–Kier alpha value is -6.80. The van der Waals surface area contributed by atoms with Gasteiger partial charge in [-0.3, -0.25) is 9.59 Å². The molecule has 0 saturated carbocycles. The second-order valence-electron chi connectivity index (χ2n) is 17.4. The van der Waals surface area contributed by atoms with Crippen molar-refractivity contribution in [3.05, 3.63) is 161 Å². The number of carbonyl (C=O) groups excluding carboxylic acids is 2. The third-order valence-corrected chi connectivity index (χ3v) is 13.0. The minimum absolute atomic E-state index is 0.0387. The predicted octanol–water partition coefficient (Wildman–Crippen LogP) is 10.5. The molecule has 0 saturated heterocycles. The lowest BCUT2D eigenvalue weighted by molar-refractivity contribution is -0.688. The van der Waals surface area contributed by atoms with Crippen molar-refractivity contribution in [3.8, 4) is 11.4 Å². The first-order valence-corrected chi connectivity index (χ1v) is 21.7. The summed E-state index contributed by atoms with van der Waals surface area (Å²) in [7, 11) is 0. The molecule has 0 radical (unpaired) electrons. The van der Waals surface area contributed by atoms with Crippen LogP contribution >= 0.6 is 0 Å². The molecule has 12 rings (SSSR count). The molecule has 304 valence electrons. The van der Waals surface area contributed by atoms with Gasteiger partial charge in [-0.15, -0.1) is 0 Å². The molecule has 3 N–H and O–H groups in total. The molecule has 3 aromatic carbocycles. The van der Waals surface area contributed by atoms with Gasteiger partial charge in [0, 0.05) is 98.7 Å². The van der Waals surface area contributed by atoms with Crippen LogP contribution in [-0.2, 0) is 29.0 Å². The maximum absolute atomic E-state index is 12.2. The van der Waals surface area contributed by atoms with Gasteiger partial charge in [-0.25, -0.2) is 0 Å². The monoisotopic (exact) mass is 804 g/mol. The number of ketones is 2. The third-order valence-electron chi connectivity index (χ3n) is 13.0. The topological polar surface area (TPSA) is 92.7 Å². The Bertz CT molecular complexity index is 3210. The first-order valence-electron chi connectivity index (χ1n) is 21.7. The van der Waals surface area contributed by atoms with E-state index >= 15 is 0 Å². The maximum Gasteiger partial charge on any atom is 0.234 e. The van der Waals surface area contributed by atoms with E-state index in [1.54, 1.807) is 6.20 Å². The average molecular weight is 805 g/mol. The number of para-hydroxylation sites is 3. The van der Waals surface area contributed by atoms with Crippen LogP contribution in [0.3, 0.4) is 0 Å². The smallest absolute Gasteiger partial charge is 0.234 e. The van der Waals surface area contributed by atoms with Crippen LogP contribution in [-0.4, -0.2) is 38.0 Å². The predicted molar refractivity (Wildman–Crippen MR) is 245 cm³/mol. The number of aryl methyl sites for hydroxylation is 2. The summed E-state index contributed by atoms with van der Waals surface area (Å²) in [6.45, 7) is 12.3. The van der Waals surface area contributed by atoms with Crippen molar-refractivity contribution < 1.29 is 18.6 Å². The number of H-pyrrole nitrogens is 3. The van der Waals surface area contributed by atoms with E-state index in [4.69, 9.17) is 0 Å². The van der Waals surface area contributed by atoms with Crippen molar-refractivity contribution in [2.45, 2.75) is 78.3 Å². The van der Waals surface area contributed by atoms with Crippen LogP contribution in [0.2, 0.25) is 0 Å². The second kappa shape index (κ2) is 15.3. The molecule has 61 heavy (non-hydrogen) atoms. The molecule has 0 amide bonds. The zero-order valence-electron chi connectivity index (χ0n) is 35.6. The Balaban J connectivity index is 0.000000110. The minimum atomic E-state index is -0.138. The fourth-order valence-electron chi connectivity index (χ4n) is 9.65. The molecular formula is C53H52N6O2+2. The molecule has 0 fully saturated rings. The number of carbonyl (C=O) groups is 2. The summed E-state index contributed by atoms with van der Waals surface area (Å²) in [5.74, 6) is 0.943. The number of allylic oxidation sites excluding steroid dienone is 1. The number of benzene rings is 3. The van der Waals surface area contributed by atoms with Gasteiger partial charge in [0.25, 0.3) is 0 Å². The van der Waals surface area contributed by atoms with Gasteiger partial charge < -0.3 is 19.9 Å². The summed E-state index contributed by atoms with van der Waals surface area (Å²) in [5.41, 5.74) is 15.6. The molecule has 6 aromatic heterocycles. The van der Waals surface area contributed by atoms with E-state index in [1.165, 1.54) is 84.2 Å². The molecule has 1 unspecified atom stereocenters. The van der Waals surface area contributed by atoms with E-state index in [0.29, 0.717) is 23.8 Å². The molecule has 9 heterocycles. The summed E-state index contributed by atoms with van der Waals surface area (Å²) in [4.78, 5) is 36.5. The lowest BCUT2D eigenvalue weighted by atomic mass is 9.89. The van der Waals surface area contributed by atoms with Crippen LogP contribution in [0.15, 0.2) is 133 Å². The zero-order chi connectivity index (χ0) is 41.9. The Morgan fingerprint density at radius 2 is 1.33 bits per heavy atom. The van der Waals surface area contributed by atoms with Crippen LogP contribution in [0.25, 0.3) is 60.5 Å². The molecular weight excluding hydrogens is 753 g/mol. The second-order valence-corrected chi connectivity index (χ2v) is 17.4. The van der Waals surface area contributed by atoms with Gasteiger partial charge in [0.05, 0.1) is 11.6 Å². The summed E-state index contributed by atoms with van der Waals surface area (Å²) in [6.07, 6.45) is 10.9. The number of nitrogens with zero attached hydrogens (tertiary/aromatic N) is 3. The highest BCUT2D eigenvalue weighted by Gasteiger charge is 2.36. The van der Waals surface area contributed by atoms with E-state index in [2.05, 4.69) is 166 Å². The fraction of sp³-hybridized carbons (Fsp3) is 0.245. The van der Waals surface area contributed by atoms with E-state index < -0.39 is 0 Å². The number of hydrogen-bond acceptors (Lipinski definition) is 3. The highest BCUT2D eigenvalue weighted by Crippen LogP contribution is 2.39. The summed E-state index contributed by atoms with van der Waals surface area (Å²) in [5, 5.41) is 5.21. The van der Waals surface area contributed by atoms with Gasteiger partial charge in [-0.1, -0.05) is 82.3 Å². The molecule has 3 aliphatic heterocycles. The van der Waals surface area contributed by atoms with Crippen LogP contribution in [0, 0.1) is 0 Å². The number of fused-ring (bicyclic) bond motifs is 15. The fourth-order valence-corrected chi connectivity index (χ4v) is 9.65. The van der Waals surface area contributed by atoms with Crippen molar-refractivity contribution in [2.75, 3.05) is 6.54 Å². The van der Waals surface area contributed by atoms with E-state index in [9.17, 15) is 9.59 Å². The van der Waals surface area contributed by atoms with Crippen molar-refractivity contribution in [1.82, 2.24) is 19.9 Å². The van der Waals surface area contributed by atoms with Crippen molar-refractivity contribution >= 4 is 60.7 Å². The number of rotatable bonds is 3. The van der Waals surface area contributed by atoms with Crippen LogP contribution in [0.4, 0.5) is 0 Å². The zero-order valence-corrected chi connectivity index (χ0v) is 35.6. The summed E-state index contributed by atoms with van der Waals surface area (Å²) >= 11 is 0. The highest BCUT2D eigenvalue weighted by molar-refractivity contribution is 6.19. The maximum atomic E-state index is 12.2. The van der Waals surface area contributed by atoms with Crippen LogP contribution in [0.5, 0.6) is 0 Å². The van der Waals surface area contributed by atoms with Gasteiger partial charge in [-0.05, 0) is 66.6 Å². The van der Waals surface area contributed by atoms with Gasteiger partial charge in [0.2, 0.25) is 11.2 Å². The summed E-state index contributed by atoms with van der Waals surface area (Å²) < 4.78 is 4.61. The number of nitrogens with one attached hydrogen (secondary N) is 3. The molecule has 0 bridgehead atoms. The van der Waals surface area contributed by atoms with Crippen molar-refractivity contribution in [1.29, 1.82) is 0 Å². The third kappa shape index (κ3) is 6.80. The highest BCUT2D eigenvalue weighted by atomic mass is 16.1. The molecule has 0 aliphatic carbocycles. The first-order chi connectivity index (χ1) is 29.6. The molecule has 9 aromatic rings. The van der Waals surface area contributed by atoms with E-state index in [0.717, 1.165) is 37.1 Å². The lowest BCUT2D eigenvalue weighted by Crippen LogP contribution is -2.40. The number of Topliss-reactive ketones (excluding diaryl/α,β-unsaturated/α-hetero) is 2. The minimum Gasteiger partial charge on any atom is -0.367 e. The summed E-state index contributed by atoms with van der Waals surface area (Å²) in [6, 6.07) is 36.6. The van der Waals surface area contributed by atoms with Gasteiger partial charge in [-0.2, -0.15) is 8.97 Å². The van der Waals surface area contributed by atoms with Crippen molar-refractivity contribution in [3.63, 3.8) is 0 Å².